The highest BCUT2D eigenvalue weighted by Gasteiger charge is 2.40. The number of amides is 1. The fourth-order valence-electron chi connectivity index (χ4n) is 5.14. The number of nitrogens with zero attached hydrogens (tertiary/aromatic N) is 2. The topological polar surface area (TPSA) is 43.8 Å². The van der Waals surface area contributed by atoms with Gasteiger partial charge in [0.25, 0.3) is 0 Å². The van der Waals surface area contributed by atoms with Crippen LogP contribution in [0.4, 0.5) is 0 Å². The molecule has 2 aliphatic heterocycles. The Morgan fingerprint density at radius 2 is 1.83 bits per heavy atom. The lowest BCUT2D eigenvalue weighted by Gasteiger charge is -2.44. The number of phenolic OH excluding ortho intramolecular Hbond substituents is 1. The maximum Gasteiger partial charge on any atom is 0.222 e. The summed E-state index contributed by atoms with van der Waals surface area (Å²) >= 11 is 0. The van der Waals surface area contributed by atoms with Gasteiger partial charge in [0.15, 0.2) is 0 Å². The highest BCUT2D eigenvalue weighted by atomic mass is 16.3. The Hall–Kier alpha value is -2.33. The van der Waals surface area contributed by atoms with Crippen molar-refractivity contribution in [2.24, 2.45) is 5.41 Å². The highest BCUT2D eigenvalue weighted by molar-refractivity contribution is 5.76. The summed E-state index contributed by atoms with van der Waals surface area (Å²) in [5.41, 5.74) is 4.06. The summed E-state index contributed by atoms with van der Waals surface area (Å²) in [5.74, 6) is 0.605. The largest absolute Gasteiger partial charge is 0.508 e. The van der Waals surface area contributed by atoms with Gasteiger partial charge in [0.1, 0.15) is 5.75 Å². The van der Waals surface area contributed by atoms with Crippen LogP contribution in [0.2, 0.25) is 0 Å². The predicted molar refractivity (Wildman–Crippen MR) is 116 cm³/mol. The van der Waals surface area contributed by atoms with Gasteiger partial charge in [0, 0.05) is 38.0 Å². The van der Waals surface area contributed by atoms with Crippen molar-refractivity contribution in [2.45, 2.75) is 52.1 Å². The minimum Gasteiger partial charge on any atom is -0.508 e. The lowest BCUT2D eigenvalue weighted by Crippen LogP contribution is -2.50. The molecule has 0 saturated carbocycles. The van der Waals surface area contributed by atoms with Gasteiger partial charge in [-0.15, -0.1) is 0 Å². The van der Waals surface area contributed by atoms with E-state index in [0.717, 1.165) is 52.0 Å². The molecule has 2 aromatic rings. The van der Waals surface area contributed by atoms with Crippen LogP contribution in [0.15, 0.2) is 48.5 Å². The zero-order valence-electron chi connectivity index (χ0n) is 17.4. The number of carbonyl (C=O) groups is 1. The number of hydrogen-bond acceptors (Lipinski definition) is 3. The van der Waals surface area contributed by atoms with Crippen molar-refractivity contribution in [3.05, 3.63) is 65.2 Å². The average molecular weight is 393 g/mol. The van der Waals surface area contributed by atoms with Crippen LogP contribution in [0.3, 0.4) is 0 Å². The number of carbonyl (C=O) groups excluding carboxylic acids is 1. The van der Waals surface area contributed by atoms with Crippen molar-refractivity contribution in [3.8, 4) is 5.75 Å². The number of phenols is 1. The first kappa shape index (κ1) is 20.0. The van der Waals surface area contributed by atoms with E-state index >= 15 is 0 Å². The van der Waals surface area contributed by atoms with Gasteiger partial charge in [-0.3, -0.25) is 9.69 Å². The molecular weight excluding hydrogens is 360 g/mol. The normalized spacial score (nSPS) is 22.3. The standard InChI is InChI=1S/C25H32N2O2/c1-2-6-24(29)27-17-22-8-4-3-7-21(22)15-25(19-27)13-5-14-26(18-25)16-20-9-11-23(28)12-10-20/h3-4,7-12,28H,2,5-6,13-19H2,1H3. The molecule has 0 bridgehead atoms. The molecule has 4 heteroatoms. The van der Waals surface area contributed by atoms with Gasteiger partial charge in [-0.1, -0.05) is 43.3 Å². The first-order chi connectivity index (χ1) is 14.1. The third-order valence-electron chi connectivity index (χ3n) is 6.47. The minimum atomic E-state index is 0.116. The fraction of sp³-hybridized carbons (Fsp3) is 0.480. The van der Waals surface area contributed by atoms with Gasteiger partial charge in [0.2, 0.25) is 5.91 Å². The Morgan fingerprint density at radius 3 is 2.59 bits per heavy atom. The minimum absolute atomic E-state index is 0.116. The molecule has 0 radical (unpaired) electrons. The van der Waals surface area contributed by atoms with Gasteiger partial charge >= 0.3 is 0 Å². The van der Waals surface area contributed by atoms with E-state index in [1.807, 2.05) is 12.1 Å². The first-order valence-corrected chi connectivity index (χ1v) is 10.9. The number of hydrogen-bond donors (Lipinski definition) is 1. The second kappa shape index (κ2) is 8.58. The summed E-state index contributed by atoms with van der Waals surface area (Å²) in [6.07, 6.45) is 4.91. The highest BCUT2D eigenvalue weighted by Crippen LogP contribution is 2.39. The number of aromatic hydroxyl groups is 1. The third-order valence-corrected chi connectivity index (χ3v) is 6.47. The van der Waals surface area contributed by atoms with Gasteiger partial charge in [-0.25, -0.2) is 0 Å². The summed E-state index contributed by atoms with van der Waals surface area (Å²) in [6.45, 7) is 6.68. The molecule has 1 N–H and O–H groups in total. The maximum atomic E-state index is 12.9. The molecule has 0 aromatic heterocycles. The predicted octanol–water partition coefficient (Wildman–Crippen LogP) is 4.36. The molecule has 4 nitrogen and oxygen atoms in total. The van der Waals surface area contributed by atoms with Crippen LogP contribution in [0.5, 0.6) is 5.75 Å². The Labute approximate surface area is 174 Å². The van der Waals surface area contributed by atoms with Gasteiger partial charge < -0.3 is 10.0 Å². The Morgan fingerprint density at radius 1 is 1.07 bits per heavy atom. The van der Waals surface area contributed by atoms with Gasteiger partial charge in [-0.2, -0.15) is 0 Å². The van der Waals surface area contributed by atoms with Crippen molar-refractivity contribution >= 4 is 5.91 Å². The van der Waals surface area contributed by atoms with Crippen LogP contribution in [0.1, 0.15) is 49.3 Å². The number of fused-ring (bicyclic) bond motifs is 1. The lowest BCUT2D eigenvalue weighted by molar-refractivity contribution is -0.134. The molecule has 1 saturated heterocycles. The number of benzene rings is 2. The summed E-state index contributed by atoms with van der Waals surface area (Å²) in [6, 6.07) is 16.2. The van der Waals surface area contributed by atoms with Crippen molar-refractivity contribution in [3.63, 3.8) is 0 Å². The van der Waals surface area contributed by atoms with Crippen LogP contribution in [0.25, 0.3) is 0 Å². The van der Waals surface area contributed by atoms with E-state index in [2.05, 4.69) is 41.0 Å². The molecule has 154 valence electrons. The Bertz CT molecular complexity index is 848. The summed E-state index contributed by atoms with van der Waals surface area (Å²) < 4.78 is 0. The van der Waals surface area contributed by atoms with Crippen LogP contribution >= 0.6 is 0 Å². The zero-order chi connectivity index (χ0) is 20.3. The molecule has 2 heterocycles. The molecule has 0 aliphatic carbocycles. The molecular formula is C25H32N2O2. The second-order valence-corrected chi connectivity index (χ2v) is 8.93. The molecule has 1 atom stereocenters. The number of piperidine rings is 1. The van der Waals surface area contributed by atoms with E-state index < -0.39 is 0 Å². The molecule has 1 amide bonds. The first-order valence-electron chi connectivity index (χ1n) is 10.9. The average Bonchev–Trinajstić information content (AvgIpc) is 2.86. The smallest absolute Gasteiger partial charge is 0.222 e. The zero-order valence-corrected chi connectivity index (χ0v) is 17.4. The molecule has 1 unspecified atom stereocenters. The van der Waals surface area contributed by atoms with Crippen molar-refractivity contribution in [1.29, 1.82) is 0 Å². The van der Waals surface area contributed by atoms with Crippen LogP contribution < -0.4 is 0 Å². The maximum absolute atomic E-state index is 12.9. The summed E-state index contributed by atoms with van der Waals surface area (Å²) in [4.78, 5) is 17.5. The van der Waals surface area contributed by atoms with Gasteiger partial charge in [0.05, 0.1) is 0 Å². The van der Waals surface area contributed by atoms with Crippen molar-refractivity contribution in [2.75, 3.05) is 19.6 Å². The van der Waals surface area contributed by atoms with Crippen LogP contribution in [-0.2, 0) is 24.3 Å². The SMILES string of the molecule is CCCC(=O)N1Cc2ccccc2CC2(CCCN(Cc3ccc(O)cc3)C2)C1. The number of rotatable bonds is 4. The second-order valence-electron chi connectivity index (χ2n) is 8.93. The molecule has 1 spiro atoms. The van der Waals surface area contributed by atoms with Crippen LogP contribution in [-0.4, -0.2) is 40.4 Å². The fourth-order valence-corrected chi connectivity index (χ4v) is 5.14. The van der Waals surface area contributed by atoms with E-state index in [0.29, 0.717) is 18.1 Å². The molecule has 1 fully saturated rings. The van der Waals surface area contributed by atoms with E-state index in [-0.39, 0.29) is 5.41 Å². The van der Waals surface area contributed by atoms with Crippen molar-refractivity contribution < 1.29 is 9.90 Å². The van der Waals surface area contributed by atoms with E-state index in [9.17, 15) is 9.90 Å². The lowest BCUT2D eigenvalue weighted by atomic mass is 9.74. The summed E-state index contributed by atoms with van der Waals surface area (Å²) in [7, 11) is 0. The monoisotopic (exact) mass is 392 g/mol. The van der Waals surface area contributed by atoms with E-state index in [1.54, 1.807) is 12.1 Å². The van der Waals surface area contributed by atoms with Gasteiger partial charge in [-0.05, 0) is 61.1 Å². The van der Waals surface area contributed by atoms with Crippen molar-refractivity contribution in [1.82, 2.24) is 9.80 Å². The van der Waals surface area contributed by atoms with E-state index in [4.69, 9.17) is 0 Å². The number of likely N-dealkylation sites (tertiary alicyclic amines) is 1. The Balaban J connectivity index is 1.58. The molecule has 29 heavy (non-hydrogen) atoms. The molecule has 4 rings (SSSR count). The quantitative estimate of drug-likeness (QED) is 0.841. The molecule has 2 aromatic carbocycles. The van der Waals surface area contributed by atoms with Crippen LogP contribution in [0, 0.1) is 5.41 Å². The molecule has 2 aliphatic rings. The summed E-state index contributed by atoms with van der Waals surface area (Å²) in [5, 5.41) is 9.56. The Kier molecular flexibility index (Phi) is 5.91. The third kappa shape index (κ3) is 4.64. The van der Waals surface area contributed by atoms with E-state index in [1.165, 1.54) is 23.1 Å².